The van der Waals surface area contributed by atoms with Crippen molar-refractivity contribution in [1.29, 1.82) is 0 Å². The first-order valence-electron chi connectivity index (χ1n) is 7.13. The monoisotopic (exact) mass is 313 g/mol. The van der Waals surface area contributed by atoms with Gasteiger partial charge in [-0.15, -0.1) is 11.3 Å². The van der Waals surface area contributed by atoms with Crippen LogP contribution in [0.4, 0.5) is 0 Å². The Morgan fingerprint density at radius 3 is 2.71 bits per heavy atom. The quantitative estimate of drug-likeness (QED) is 0.543. The molecule has 1 aromatic carbocycles. The maximum atomic E-state index is 6.23. The lowest BCUT2D eigenvalue weighted by Gasteiger charge is -2.14. The van der Waals surface area contributed by atoms with E-state index >= 15 is 0 Å². The minimum absolute atomic E-state index is 0.444. The molecule has 5 heteroatoms. The van der Waals surface area contributed by atoms with Gasteiger partial charge in [0.25, 0.3) is 0 Å². The van der Waals surface area contributed by atoms with Gasteiger partial charge < -0.3 is 5.84 Å². The average molecular weight is 313 g/mol. The van der Waals surface area contributed by atoms with Crippen LogP contribution < -0.4 is 5.84 Å². The normalized spacial score (nSPS) is 14.3. The van der Waals surface area contributed by atoms with Gasteiger partial charge in [-0.05, 0) is 43.5 Å². The summed E-state index contributed by atoms with van der Waals surface area (Å²) in [7, 11) is 0. The number of hydrogen-bond donors (Lipinski definition) is 1. The summed E-state index contributed by atoms with van der Waals surface area (Å²) in [4.78, 5) is 7.03. The van der Waals surface area contributed by atoms with Crippen LogP contribution in [0.5, 0.6) is 0 Å². The van der Waals surface area contributed by atoms with E-state index in [9.17, 15) is 0 Å². The molecule has 4 rings (SSSR count). The molecular weight excluding hydrogens is 298 g/mol. The van der Waals surface area contributed by atoms with Crippen LogP contribution in [0.15, 0.2) is 30.3 Å². The van der Waals surface area contributed by atoms with E-state index in [0.717, 1.165) is 28.9 Å². The van der Waals surface area contributed by atoms with Crippen LogP contribution >= 0.6 is 23.6 Å². The molecule has 2 aromatic heterocycles. The minimum atomic E-state index is 0.444. The standard InChI is InChI=1S/C16H15N3S2/c17-19-14(10-6-2-1-3-7-10)13-11-8-4-5-9-12(11)21-15(13)18-16(19)20/h1-3,6-7H,4-5,8-9,17H2. The summed E-state index contributed by atoms with van der Waals surface area (Å²) in [6, 6.07) is 10.2. The molecule has 0 atom stereocenters. The molecule has 0 radical (unpaired) electrons. The summed E-state index contributed by atoms with van der Waals surface area (Å²) >= 11 is 7.13. The van der Waals surface area contributed by atoms with E-state index in [-0.39, 0.29) is 0 Å². The van der Waals surface area contributed by atoms with E-state index in [2.05, 4.69) is 17.1 Å². The Morgan fingerprint density at radius 1 is 1.14 bits per heavy atom. The summed E-state index contributed by atoms with van der Waals surface area (Å²) in [5.41, 5.74) is 3.54. The van der Waals surface area contributed by atoms with E-state index < -0.39 is 0 Å². The Labute approximate surface area is 132 Å². The highest BCUT2D eigenvalue weighted by molar-refractivity contribution is 7.71. The van der Waals surface area contributed by atoms with E-state index in [0.29, 0.717) is 4.77 Å². The lowest BCUT2D eigenvalue weighted by atomic mass is 9.95. The van der Waals surface area contributed by atoms with Crippen molar-refractivity contribution >= 4 is 33.8 Å². The van der Waals surface area contributed by atoms with Gasteiger partial charge in [-0.25, -0.2) is 9.66 Å². The lowest BCUT2D eigenvalue weighted by Crippen LogP contribution is -2.15. The van der Waals surface area contributed by atoms with Crippen molar-refractivity contribution < 1.29 is 0 Å². The number of fused-ring (bicyclic) bond motifs is 3. The molecule has 21 heavy (non-hydrogen) atoms. The molecule has 3 aromatic rings. The summed E-state index contributed by atoms with van der Waals surface area (Å²) in [5, 5.41) is 1.21. The Kier molecular flexibility index (Phi) is 3.05. The summed E-state index contributed by atoms with van der Waals surface area (Å²) in [6.07, 6.45) is 4.78. The van der Waals surface area contributed by atoms with Crippen molar-refractivity contribution in [3.8, 4) is 11.3 Å². The number of thiophene rings is 1. The molecule has 1 aliphatic carbocycles. The highest BCUT2D eigenvalue weighted by Crippen LogP contribution is 2.40. The van der Waals surface area contributed by atoms with Crippen LogP contribution in [0.1, 0.15) is 23.3 Å². The number of aromatic nitrogens is 2. The second-order valence-electron chi connectivity index (χ2n) is 5.37. The van der Waals surface area contributed by atoms with E-state index in [1.165, 1.54) is 28.7 Å². The molecular formula is C16H15N3S2. The van der Waals surface area contributed by atoms with Gasteiger partial charge in [0.15, 0.2) is 0 Å². The molecule has 0 unspecified atom stereocenters. The molecule has 0 fully saturated rings. The smallest absolute Gasteiger partial charge is 0.220 e. The van der Waals surface area contributed by atoms with Gasteiger partial charge in [-0.1, -0.05) is 30.3 Å². The van der Waals surface area contributed by atoms with Crippen molar-refractivity contribution in [2.75, 3.05) is 5.84 Å². The van der Waals surface area contributed by atoms with Crippen LogP contribution in [-0.2, 0) is 12.8 Å². The third-order valence-electron chi connectivity index (χ3n) is 4.08. The van der Waals surface area contributed by atoms with Gasteiger partial charge in [0.05, 0.1) is 5.69 Å². The number of nitrogens with two attached hydrogens (primary N) is 1. The topological polar surface area (TPSA) is 43.8 Å². The molecule has 1 aliphatic rings. The fraction of sp³-hybridized carbons (Fsp3) is 0.250. The SMILES string of the molecule is Nn1c(-c2ccccc2)c2c3c(sc2nc1=S)CCCC3. The number of hydrogen-bond acceptors (Lipinski definition) is 4. The molecule has 2 heterocycles. The number of nitrogens with zero attached hydrogens (tertiary/aromatic N) is 2. The first-order chi connectivity index (χ1) is 10.3. The van der Waals surface area contributed by atoms with Gasteiger partial charge in [0.1, 0.15) is 4.83 Å². The van der Waals surface area contributed by atoms with Gasteiger partial charge in [-0.2, -0.15) is 0 Å². The third-order valence-corrected chi connectivity index (χ3v) is 5.55. The number of benzene rings is 1. The van der Waals surface area contributed by atoms with Gasteiger partial charge in [-0.3, -0.25) is 0 Å². The van der Waals surface area contributed by atoms with Gasteiger partial charge in [0.2, 0.25) is 4.77 Å². The van der Waals surface area contributed by atoms with Gasteiger partial charge in [0, 0.05) is 15.8 Å². The Balaban J connectivity index is 2.15. The third kappa shape index (κ3) is 2.00. The van der Waals surface area contributed by atoms with Crippen molar-refractivity contribution in [1.82, 2.24) is 9.66 Å². The number of rotatable bonds is 1. The summed E-state index contributed by atoms with van der Waals surface area (Å²) in [5.74, 6) is 6.23. The predicted molar refractivity (Wildman–Crippen MR) is 90.7 cm³/mol. The van der Waals surface area contributed by atoms with Gasteiger partial charge >= 0.3 is 0 Å². The number of aryl methyl sites for hydroxylation is 2. The zero-order valence-corrected chi connectivity index (χ0v) is 13.1. The maximum Gasteiger partial charge on any atom is 0.220 e. The Morgan fingerprint density at radius 2 is 1.90 bits per heavy atom. The predicted octanol–water partition coefficient (Wildman–Crippen LogP) is 4.09. The average Bonchev–Trinajstić information content (AvgIpc) is 2.87. The molecule has 0 amide bonds. The largest absolute Gasteiger partial charge is 0.337 e. The maximum absolute atomic E-state index is 6.23. The minimum Gasteiger partial charge on any atom is -0.337 e. The molecule has 0 bridgehead atoms. The first kappa shape index (κ1) is 13.0. The van der Waals surface area contributed by atoms with Crippen molar-refractivity contribution in [2.45, 2.75) is 25.7 Å². The zero-order valence-electron chi connectivity index (χ0n) is 11.5. The summed E-state index contributed by atoms with van der Waals surface area (Å²) in [6.45, 7) is 0. The highest BCUT2D eigenvalue weighted by Gasteiger charge is 2.21. The molecule has 2 N–H and O–H groups in total. The van der Waals surface area contributed by atoms with Crippen LogP contribution in [0, 0.1) is 4.77 Å². The van der Waals surface area contributed by atoms with Crippen molar-refractivity contribution in [2.24, 2.45) is 0 Å². The van der Waals surface area contributed by atoms with E-state index in [1.807, 2.05) is 18.2 Å². The fourth-order valence-corrected chi connectivity index (χ4v) is 4.61. The Bertz CT molecular complexity index is 878. The first-order valence-corrected chi connectivity index (χ1v) is 8.36. The number of nitrogen functional groups attached to an aromatic ring is 1. The van der Waals surface area contributed by atoms with Crippen molar-refractivity contribution in [3.63, 3.8) is 0 Å². The molecule has 0 spiro atoms. The van der Waals surface area contributed by atoms with Crippen molar-refractivity contribution in [3.05, 3.63) is 45.5 Å². The van der Waals surface area contributed by atoms with Crippen LogP contribution in [0.3, 0.4) is 0 Å². The lowest BCUT2D eigenvalue weighted by molar-refractivity contribution is 0.700. The zero-order chi connectivity index (χ0) is 14.4. The summed E-state index contributed by atoms with van der Waals surface area (Å²) < 4.78 is 2.01. The highest BCUT2D eigenvalue weighted by atomic mass is 32.1. The molecule has 106 valence electrons. The second kappa shape index (κ2) is 4.93. The van der Waals surface area contributed by atoms with E-state index in [1.54, 1.807) is 16.0 Å². The van der Waals surface area contributed by atoms with Crippen LogP contribution in [0.25, 0.3) is 21.5 Å². The van der Waals surface area contributed by atoms with E-state index in [4.69, 9.17) is 18.1 Å². The molecule has 0 saturated heterocycles. The molecule has 0 saturated carbocycles. The van der Waals surface area contributed by atoms with Crippen LogP contribution in [0.2, 0.25) is 0 Å². The Hall–Kier alpha value is -1.72. The van der Waals surface area contributed by atoms with Crippen LogP contribution in [-0.4, -0.2) is 9.66 Å². The fourth-order valence-electron chi connectivity index (χ4n) is 3.11. The molecule has 3 nitrogen and oxygen atoms in total. The second-order valence-corrected chi connectivity index (χ2v) is 6.82. The molecule has 0 aliphatic heterocycles.